The van der Waals surface area contributed by atoms with E-state index in [0.717, 1.165) is 11.1 Å². The first kappa shape index (κ1) is 23.0. The quantitative estimate of drug-likeness (QED) is 0.618. The van der Waals surface area contributed by atoms with E-state index >= 15 is 0 Å². The highest BCUT2D eigenvalue weighted by Gasteiger charge is 2.77. The Morgan fingerprint density at radius 2 is 1.00 bits per heavy atom. The summed E-state index contributed by atoms with van der Waals surface area (Å²) < 4.78 is 0. The third-order valence-corrected chi connectivity index (χ3v) is 7.60. The monoisotopic (exact) mass is 414 g/mol. The molecule has 1 aliphatic carbocycles. The van der Waals surface area contributed by atoms with Crippen molar-refractivity contribution in [3.05, 3.63) is 71.8 Å². The second-order valence-electron chi connectivity index (χ2n) is 9.53. The second-order valence-corrected chi connectivity index (χ2v) is 9.53. The van der Waals surface area contributed by atoms with Crippen LogP contribution in [0.1, 0.15) is 43.2 Å². The van der Waals surface area contributed by atoms with Gasteiger partial charge in [0.25, 0.3) is 0 Å². The number of benzene rings is 2. The molecule has 0 spiro atoms. The second kappa shape index (κ2) is 8.83. The summed E-state index contributed by atoms with van der Waals surface area (Å²) in [6.07, 6.45) is 0.586. The molecule has 31 heavy (non-hydrogen) atoms. The summed E-state index contributed by atoms with van der Waals surface area (Å²) in [5.41, 5.74) is 0.758. The predicted molar refractivity (Wildman–Crippen MR) is 125 cm³/mol. The maximum absolute atomic E-state index is 10.7. The minimum absolute atomic E-state index is 0.0612. The van der Waals surface area contributed by atoms with Gasteiger partial charge in [0.05, 0.1) is 23.0 Å². The van der Waals surface area contributed by atoms with Crippen molar-refractivity contribution in [1.82, 2.24) is 9.80 Å². The summed E-state index contributed by atoms with van der Waals surface area (Å²) in [6.45, 7) is 4.34. The van der Waals surface area contributed by atoms with E-state index < -0.39 is 10.8 Å². The molecule has 3 rings (SSSR count). The van der Waals surface area contributed by atoms with Crippen LogP contribution in [0, 0.1) is 33.5 Å². The van der Waals surface area contributed by atoms with Crippen LogP contribution in [-0.2, 0) is 0 Å². The van der Waals surface area contributed by atoms with E-state index in [2.05, 4.69) is 88.2 Å². The van der Waals surface area contributed by atoms with Gasteiger partial charge in [-0.15, -0.1) is 0 Å². The van der Waals surface area contributed by atoms with Gasteiger partial charge in [0.1, 0.15) is 0 Å². The van der Waals surface area contributed by atoms with Crippen LogP contribution in [-0.4, -0.2) is 50.1 Å². The molecular formula is C27H34N4. The molecule has 0 N–H and O–H groups in total. The number of nitriles is 2. The Morgan fingerprint density at radius 1 is 0.677 bits per heavy atom. The molecule has 1 saturated carbocycles. The van der Waals surface area contributed by atoms with Gasteiger partial charge >= 0.3 is 0 Å². The predicted octanol–water partition coefficient (Wildman–Crippen LogP) is 4.88. The number of rotatable bonds is 8. The van der Waals surface area contributed by atoms with E-state index in [1.54, 1.807) is 0 Å². The highest BCUT2D eigenvalue weighted by atomic mass is 15.1. The zero-order chi connectivity index (χ0) is 22.8. The SMILES string of the molecule is CC([C@H](c1ccccc1)[C@]1(C#N)C[C@@]1(C#N)[C@@H](c1ccccc1)[C@H](C)N(C)C)N(C)C. The van der Waals surface area contributed by atoms with Crippen molar-refractivity contribution >= 4 is 0 Å². The van der Waals surface area contributed by atoms with Crippen molar-refractivity contribution in [3.8, 4) is 12.1 Å². The van der Waals surface area contributed by atoms with Crippen molar-refractivity contribution < 1.29 is 0 Å². The van der Waals surface area contributed by atoms with Crippen LogP contribution in [0.4, 0.5) is 0 Å². The highest BCUT2D eigenvalue weighted by Crippen LogP contribution is 2.76. The fraction of sp³-hybridized carbons (Fsp3) is 0.481. The fourth-order valence-corrected chi connectivity index (χ4v) is 5.45. The summed E-state index contributed by atoms with van der Waals surface area (Å²) in [4.78, 5) is 4.34. The standard InChI is InChI=1S/C27H34N4/c1-20(30(3)4)24(22-13-9-7-10-14-22)26(18-28)17-27(26,19-29)25(21(2)31(5)6)23-15-11-8-12-16-23/h7-16,20-21,24-25H,17H2,1-6H3/t20-,21?,24+,25+,26+,27+/m0/s1. The summed E-state index contributed by atoms with van der Waals surface area (Å²) in [5, 5.41) is 21.3. The Balaban J connectivity index is 2.21. The van der Waals surface area contributed by atoms with Crippen LogP contribution in [0.5, 0.6) is 0 Å². The van der Waals surface area contributed by atoms with Crippen molar-refractivity contribution in [2.75, 3.05) is 28.2 Å². The van der Waals surface area contributed by atoms with Gasteiger partial charge in [0, 0.05) is 23.9 Å². The van der Waals surface area contributed by atoms with Gasteiger partial charge in [-0.25, -0.2) is 0 Å². The van der Waals surface area contributed by atoms with E-state index in [-0.39, 0.29) is 23.9 Å². The van der Waals surface area contributed by atoms with Crippen LogP contribution < -0.4 is 0 Å². The molecule has 1 aliphatic rings. The van der Waals surface area contributed by atoms with E-state index in [4.69, 9.17) is 0 Å². The van der Waals surface area contributed by atoms with Crippen LogP contribution in [0.25, 0.3) is 0 Å². The molecule has 0 radical (unpaired) electrons. The van der Waals surface area contributed by atoms with Gasteiger partial charge in [-0.3, -0.25) is 0 Å². The first-order valence-electron chi connectivity index (χ1n) is 11.0. The molecule has 0 saturated heterocycles. The molecular weight excluding hydrogens is 380 g/mol. The number of hydrogen-bond acceptors (Lipinski definition) is 4. The van der Waals surface area contributed by atoms with Gasteiger partial charge in [-0.1, -0.05) is 60.7 Å². The number of hydrogen-bond donors (Lipinski definition) is 0. The van der Waals surface area contributed by atoms with E-state index in [1.807, 2.05) is 36.4 Å². The van der Waals surface area contributed by atoms with Gasteiger partial charge in [0.2, 0.25) is 0 Å². The molecule has 4 heteroatoms. The lowest BCUT2D eigenvalue weighted by Crippen LogP contribution is -2.42. The van der Waals surface area contributed by atoms with Crippen LogP contribution in [0.2, 0.25) is 0 Å². The molecule has 2 aromatic carbocycles. The molecule has 0 heterocycles. The zero-order valence-electron chi connectivity index (χ0n) is 19.6. The largest absolute Gasteiger partial charge is 0.306 e. The molecule has 6 atom stereocenters. The first-order chi connectivity index (χ1) is 14.8. The summed E-state index contributed by atoms with van der Waals surface area (Å²) in [5.74, 6) is -0.122. The fourth-order valence-electron chi connectivity index (χ4n) is 5.45. The number of nitrogens with zero attached hydrogens (tertiary/aromatic N) is 4. The van der Waals surface area contributed by atoms with Gasteiger partial charge < -0.3 is 9.80 Å². The lowest BCUT2D eigenvalue weighted by molar-refractivity contribution is 0.182. The van der Waals surface area contributed by atoms with Gasteiger partial charge in [-0.05, 0) is 59.6 Å². The molecule has 0 bridgehead atoms. The van der Waals surface area contributed by atoms with Crippen LogP contribution in [0.15, 0.2) is 60.7 Å². The third-order valence-electron chi connectivity index (χ3n) is 7.60. The third kappa shape index (κ3) is 3.76. The van der Waals surface area contributed by atoms with Crippen molar-refractivity contribution in [2.45, 2.75) is 44.2 Å². The maximum Gasteiger partial charge on any atom is 0.0866 e. The van der Waals surface area contributed by atoms with Crippen molar-refractivity contribution in [3.63, 3.8) is 0 Å². The summed E-state index contributed by atoms with van der Waals surface area (Å²) in [7, 11) is 8.22. The Morgan fingerprint density at radius 3 is 1.26 bits per heavy atom. The van der Waals surface area contributed by atoms with Crippen LogP contribution in [0.3, 0.4) is 0 Å². The molecule has 4 nitrogen and oxygen atoms in total. The van der Waals surface area contributed by atoms with Gasteiger partial charge in [-0.2, -0.15) is 10.5 Å². The van der Waals surface area contributed by atoms with E-state index in [9.17, 15) is 10.5 Å². The molecule has 162 valence electrons. The molecule has 1 fully saturated rings. The Kier molecular flexibility index (Phi) is 6.56. The first-order valence-corrected chi connectivity index (χ1v) is 11.0. The van der Waals surface area contributed by atoms with Crippen molar-refractivity contribution in [2.24, 2.45) is 10.8 Å². The van der Waals surface area contributed by atoms with Crippen molar-refractivity contribution in [1.29, 1.82) is 10.5 Å². The normalized spacial score (nSPS) is 26.5. The Labute approximate surface area is 187 Å². The van der Waals surface area contributed by atoms with Crippen LogP contribution >= 0.6 is 0 Å². The van der Waals surface area contributed by atoms with E-state index in [0.29, 0.717) is 6.42 Å². The van der Waals surface area contributed by atoms with Gasteiger partial charge in [0.15, 0.2) is 0 Å². The lowest BCUT2D eigenvalue weighted by Gasteiger charge is -2.39. The topological polar surface area (TPSA) is 54.1 Å². The summed E-state index contributed by atoms with van der Waals surface area (Å²) in [6, 6.07) is 26.2. The maximum atomic E-state index is 10.7. The van der Waals surface area contributed by atoms with E-state index in [1.165, 1.54) is 0 Å². The average Bonchev–Trinajstić information content (AvgIpc) is 3.44. The Bertz CT molecular complexity index is 877. The summed E-state index contributed by atoms with van der Waals surface area (Å²) >= 11 is 0. The highest BCUT2D eigenvalue weighted by molar-refractivity contribution is 5.47. The molecule has 0 amide bonds. The molecule has 2 aromatic rings. The average molecular weight is 415 g/mol. The molecule has 0 aliphatic heterocycles. The molecule has 0 aromatic heterocycles. The molecule has 1 unspecified atom stereocenters. The minimum Gasteiger partial charge on any atom is -0.306 e. The lowest BCUT2D eigenvalue weighted by atomic mass is 9.68. The zero-order valence-corrected chi connectivity index (χ0v) is 19.6. The number of likely N-dealkylation sites (N-methyl/N-ethyl adjacent to an activating group) is 2. The minimum atomic E-state index is -0.752. The Hall–Kier alpha value is -2.66. The smallest absolute Gasteiger partial charge is 0.0866 e.